The average molecular weight is 365 g/mol. The molecule has 6 nitrogen and oxygen atoms in total. The molecule has 2 aliphatic heterocycles. The number of para-hydroxylation sites is 1. The van der Waals surface area contributed by atoms with E-state index in [0.717, 1.165) is 17.8 Å². The van der Waals surface area contributed by atoms with Gasteiger partial charge in [-0.05, 0) is 37.1 Å². The Hall–Kier alpha value is -3.02. The van der Waals surface area contributed by atoms with Gasteiger partial charge in [-0.1, -0.05) is 24.3 Å². The summed E-state index contributed by atoms with van der Waals surface area (Å²) in [5.74, 6) is 0.707. The normalized spacial score (nSPS) is 21.3. The third-order valence-corrected chi connectivity index (χ3v) is 5.24. The van der Waals surface area contributed by atoms with Gasteiger partial charge in [-0.2, -0.15) is 0 Å². The number of carbonyl (C=O) groups excluding carboxylic acids is 2. The van der Waals surface area contributed by atoms with Gasteiger partial charge in [-0.25, -0.2) is 4.79 Å². The fourth-order valence-electron chi connectivity index (χ4n) is 3.95. The highest BCUT2D eigenvalue weighted by Gasteiger charge is 2.36. The van der Waals surface area contributed by atoms with Crippen molar-refractivity contribution in [3.05, 3.63) is 54.1 Å². The highest BCUT2D eigenvalue weighted by Crippen LogP contribution is 2.32. The molecule has 0 aromatic heterocycles. The first-order valence-electron chi connectivity index (χ1n) is 9.19. The Labute approximate surface area is 158 Å². The fourth-order valence-corrected chi connectivity index (χ4v) is 3.95. The predicted octanol–water partition coefficient (Wildman–Crippen LogP) is 2.96. The lowest BCUT2D eigenvalue weighted by Gasteiger charge is -2.25. The minimum absolute atomic E-state index is 0.00317. The molecule has 6 heteroatoms. The number of nitrogens with one attached hydrogen (secondary N) is 1. The summed E-state index contributed by atoms with van der Waals surface area (Å²) in [6, 6.07) is 15.1. The SMILES string of the molecule is COc1cccc(N2C[C@H](NC(=O)N3c4ccccc4C[C@@H]3C)CC2=O)c1. The van der Waals surface area contributed by atoms with Crippen molar-refractivity contribution in [3.8, 4) is 5.75 Å². The molecule has 2 aromatic carbocycles. The third-order valence-electron chi connectivity index (χ3n) is 5.24. The maximum absolute atomic E-state index is 12.9. The molecule has 2 atom stereocenters. The van der Waals surface area contributed by atoms with Crippen LogP contribution in [-0.4, -0.2) is 37.7 Å². The van der Waals surface area contributed by atoms with Gasteiger partial charge in [0.2, 0.25) is 5.91 Å². The van der Waals surface area contributed by atoms with E-state index in [0.29, 0.717) is 18.7 Å². The Kier molecular flexibility index (Phi) is 4.48. The summed E-state index contributed by atoms with van der Waals surface area (Å²) < 4.78 is 5.24. The quantitative estimate of drug-likeness (QED) is 0.910. The molecule has 0 radical (unpaired) electrons. The van der Waals surface area contributed by atoms with Gasteiger partial charge in [0, 0.05) is 36.4 Å². The van der Waals surface area contributed by atoms with Gasteiger partial charge in [0.1, 0.15) is 5.75 Å². The summed E-state index contributed by atoms with van der Waals surface area (Å²) in [6.45, 7) is 2.50. The lowest BCUT2D eigenvalue weighted by molar-refractivity contribution is -0.117. The number of fused-ring (bicyclic) bond motifs is 1. The number of nitrogens with zero attached hydrogens (tertiary/aromatic N) is 2. The van der Waals surface area contributed by atoms with Crippen molar-refractivity contribution in [1.29, 1.82) is 0 Å². The van der Waals surface area contributed by atoms with Crippen LogP contribution >= 0.6 is 0 Å². The molecule has 1 fully saturated rings. The molecule has 0 spiro atoms. The van der Waals surface area contributed by atoms with E-state index in [9.17, 15) is 9.59 Å². The van der Waals surface area contributed by atoms with Gasteiger partial charge < -0.3 is 15.0 Å². The molecule has 2 aromatic rings. The van der Waals surface area contributed by atoms with Crippen LogP contribution in [0.1, 0.15) is 18.9 Å². The van der Waals surface area contributed by atoms with Crippen molar-refractivity contribution < 1.29 is 14.3 Å². The van der Waals surface area contributed by atoms with E-state index in [1.165, 1.54) is 5.56 Å². The monoisotopic (exact) mass is 365 g/mol. The molecule has 0 aliphatic carbocycles. The van der Waals surface area contributed by atoms with Crippen LogP contribution in [0.4, 0.5) is 16.2 Å². The second kappa shape index (κ2) is 6.95. The first kappa shape index (κ1) is 17.4. The number of hydrogen-bond donors (Lipinski definition) is 1. The molecule has 3 amide bonds. The molecule has 27 heavy (non-hydrogen) atoms. The molecular weight excluding hydrogens is 342 g/mol. The summed E-state index contributed by atoms with van der Waals surface area (Å²) in [6.07, 6.45) is 1.15. The van der Waals surface area contributed by atoms with Gasteiger partial charge in [0.05, 0.1) is 13.2 Å². The van der Waals surface area contributed by atoms with Gasteiger partial charge in [0.25, 0.3) is 0 Å². The smallest absolute Gasteiger partial charge is 0.322 e. The largest absolute Gasteiger partial charge is 0.497 e. The maximum atomic E-state index is 12.9. The van der Waals surface area contributed by atoms with E-state index in [1.54, 1.807) is 16.9 Å². The van der Waals surface area contributed by atoms with Crippen LogP contribution in [-0.2, 0) is 11.2 Å². The van der Waals surface area contributed by atoms with E-state index in [1.807, 2.05) is 49.4 Å². The number of amides is 3. The number of urea groups is 1. The zero-order chi connectivity index (χ0) is 19.0. The average Bonchev–Trinajstić information content (AvgIpc) is 3.20. The second-order valence-electron chi connectivity index (χ2n) is 7.11. The highest BCUT2D eigenvalue weighted by atomic mass is 16.5. The Morgan fingerprint density at radius 1 is 1.15 bits per heavy atom. The first-order valence-corrected chi connectivity index (χ1v) is 9.19. The zero-order valence-electron chi connectivity index (χ0n) is 15.5. The second-order valence-corrected chi connectivity index (χ2v) is 7.11. The van der Waals surface area contributed by atoms with Crippen molar-refractivity contribution in [2.24, 2.45) is 0 Å². The molecule has 1 N–H and O–H groups in total. The number of carbonyl (C=O) groups is 2. The Balaban J connectivity index is 1.46. The molecule has 2 aliphatic rings. The fraction of sp³-hybridized carbons (Fsp3) is 0.333. The molecular formula is C21H23N3O3. The van der Waals surface area contributed by atoms with E-state index in [-0.39, 0.29) is 24.0 Å². The molecule has 1 saturated heterocycles. The summed E-state index contributed by atoms with van der Waals surface area (Å²) in [7, 11) is 1.60. The van der Waals surface area contributed by atoms with E-state index < -0.39 is 0 Å². The van der Waals surface area contributed by atoms with Crippen LogP contribution in [0.3, 0.4) is 0 Å². The standard InChI is InChI=1S/C21H23N3O3/c1-14-10-15-6-3-4-9-19(15)24(14)21(26)22-16-11-20(25)23(13-16)17-7-5-8-18(12-17)27-2/h3-9,12,14,16H,10-11,13H2,1-2H3,(H,22,26)/t14-,16+/m0/s1. The highest BCUT2D eigenvalue weighted by molar-refractivity contribution is 5.99. The van der Waals surface area contributed by atoms with E-state index in [2.05, 4.69) is 11.4 Å². The summed E-state index contributed by atoms with van der Waals surface area (Å²) >= 11 is 0. The van der Waals surface area contributed by atoms with Crippen LogP contribution in [0.15, 0.2) is 48.5 Å². The van der Waals surface area contributed by atoms with E-state index in [4.69, 9.17) is 4.74 Å². The molecule has 2 heterocycles. The molecule has 140 valence electrons. The topological polar surface area (TPSA) is 61.9 Å². The number of anilines is 2. The van der Waals surface area contributed by atoms with Crippen LogP contribution in [0.2, 0.25) is 0 Å². The number of benzene rings is 2. The van der Waals surface area contributed by atoms with Crippen molar-refractivity contribution in [2.45, 2.75) is 31.8 Å². The Morgan fingerprint density at radius 3 is 2.78 bits per heavy atom. The third kappa shape index (κ3) is 3.23. The minimum atomic E-state index is -0.212. The van der Waals surface area contributed by atoms with Crippen molar-refractivity contribution >= 4 is 23.3 Å². The van der Waals surface area contributed by atoms with Crippen molar-refractivity contribution in [3.63, 3.8) is 0 Å². The van der Waals surface area contributed by atoms with Crippen LogP contribution in [0.25, 0.3) is 0 Å². The summed E-state index contributed by atoms with van der Waals surface area (Å²) in [5, 5.41) is 3.04. The minimum Gasteiger partial charge on any atom is -0.497 e. The Bertz CT molecular complexity index is 882. The zero-order valence-corrected chi connectivity index (χ0v) is 15.5. The summed E-state index contributed by atoms with van der Waals surface area (Å²) in [4.78, 5) is 28.9. The number of methoxy groups -OCH3 is 1. The molecule has 0 unspecified atom stereocenters. The van der Waals surface area contributed by atoms with Gasteiger partial charge in [-0.3, -0.25) is 9.69 Å². The van der Waals surface area contributed by atoms with Crippen molar-refractivity contribution in [1.82, 2.24) is 5.32 Å². The summed E-state index contributed by atoms with van der Waals surface area (Å²) in [5.41, 5.74) is 2.92. The number of ether oxygens (including phenoxy) is 1. The van der Waals surface area contributed by atoms with Crippen molar-refractivity contribution in [2.75, 3.05) is 23.5 Å². The van der Waals surface area contributed by atoms with Gasteiger partial charge in [0.15, 0.2) is 0 Å². The Morgan fingerprint density at radius 2 is 1.96 bits per heavy atom. The van der Waals surface area contributed by atoms with Crippen LogP contribution < -0.4 is 19.9 Å². The first-order chi connectivity index (χ1) is 13.1. The van der Waals surface area contributed by atoms with E-state index >= 15 is 0 Å². The van der Waals surface area contributed by atoms with Gasteiger partial charge >= 0.3 is 6.03 Å². The molecule has 0 bridgehead atoms. The lowest BCUT2D eigenvalue weighted by atomic mass is 10.1. The predicted molar refractivity (Wildman–Crippen MR) is 104 cm³/mol. The molecule has 0 saturated carbocycles. The van der Waals surface area contributed by atoms with Gasteiger partial charge in [-0.15, -0.1) is 0 Å². The lowest BCUT2D eigenvalue weighted by Crippen LogP contribution is -2.48. The number of hydrogen-bond acceptors (Lipinski definition) is 3. The molecule has 4 rings (SSSR count). The number of rotatable bonds is 3. The maximum Gasteiger partial charge on any atom is 0.322 e. The van der Waals surface area contributed by atoms with Crippen LogP contribution in [0.5, 0.6) is 5.75 Å². The van der Waals surface area contributed by atoms with Crippen LogP contribution in [0, 0.1) is 0 Å².